The molecule has 11 heavy (non-hydrogen) atoms. The van der Waals surface area contributed by atoms with Gasteiger partial charge in [0.25, 0.3) is 0 Å². The lowest BCUT2D eigenvalue weighted by atomic mass is 10.3. The standard InChI is InChI=1S/C8H20NO2/c1-3-4-9(2,5-7-10)6-8-11/h10-11H,3-8H2,1-2H3/q+1. The van der Waals surface area contributed by atoms with Gasteiger partial charge in [0.2, 0.25) is 0 Å². The molecule has 0 rings (SSSR count). The van der Waals surface area contributed by atoms with Crippen LogP contribution >= 0.6 is 0 Å². The Balaban J connectivity index is 3.79. The fraction of sp³-hybridized carbons (Fsp3) is 1.00. The second-order valence-electron chi connectivity index (χ2n) is 3.24. The van der Waals surface area contributed by atoms with E-state index < -0.39 is 0 Å². The molecule has 0 fully saturated rings. The summed E-state index contributed by atoms with van der Waals surface area (Å²) in [5.74, 6) is 0. The van der Waals surface area contributed by atoms with Gasteiger partial charge in [0.1, 0.15) is 13.1 Å². The van der Waals surface area contributed by atoms with Gasteiger partial charge in [-0.2, -0.15) is 0 Å². The molecular formula is C8H20NO2+. The number of likely N-dealkylation sites (N-methyl/N-ethyl adjacent to an activating group) is 1. The van der Waals surface area contributed by atoms with Gasteiger partial charge in [0, 0.05) is 0 Å². The van der Waals surface area contributed by atoms with E-state index >= 15 is 0 Å². The van der Waals surface area contributed by atoms with Crippen molar-refractivity contribution in [3.05, 3.63) is 0 Å². The van der Waals surface area contributed by atoms with Crippen LogP contribution in [0.15, 0.2) is 0 Å². The minimum absolute atomic E-state index is 0.205. The summed E-state index contributed by atoms with van der Waals surface area (Å²) in [7, 11) is 2.07. The molecule has 0 amide bonds. The largest absolute Gasteiger partial charge is 0.391 e. The Bertz CT molecular complexity index is 79.1. The monoisotopic (exact) mass is 162 g/mol. The van der Waals surface area contributed by atoms with Crippen LogP contribution in [-0.2, 0) is 0 Å². The molecule has 0 heterocycles. The second-order valence-corrected chi connectivity index (χ2v) is 3.24. The Morgan fingerprint density at radius 2 is 1.45 bits per heavy atom. The molecule has 0 aromatic carbocycles. The highest BCUT2D eigenvalue weighted by atomic mass is 16.3. The highest BCUT2D eigenvalue weighted by Crippen LogP contribution is 2.01. The molecule has 3 heteroatoms. The van der Waals surface area contributed by atoms with Crippen LogP contribution in [-0.4, -0.2) is 54.6 Å². The van der Waals surface area contributed by atoms with Crippen molar-refractivity contribution >= 4 is 0 Å². The first-order chi connectivity index (χ1) is 5.18. The fourth-order valence-electron chi connectivity index (χ4n) is 1.36. The second kappa shape index (κ2) is 5.52. The van der Waals surface area contributed by atoms with Gasteiger partial charge in [-0.3, -0.25) is 0 Å². The minimum Gasteiger partial charge on any atom is -0.391 e. The molecule has 2 N–H and O–H groups in total. The molecule has 0 unspecified atom stereocenters. The number of aliphatic hydroxyl groups excluding tert-OH is 2. The maximum atomic E-state index is 8.76. The molecule has 0 spiro atoms. The first kappa shape index (κ1) is 10.9. The highest BCUT2D eigenvalue weighted by Gasteiger charge is 2.18. The van der Waals surface area contributed by atoms with Gasteiger partial charge in [0.15, 0.2) is 0 Å². The summed E-state index contributed by atoms with van der Waals surface area (Å²) in [5.41, 5.74) is 0. The number of hydrogen-bond donors (Lipinski definition) is 2. The summed E-state index contributed by atoms with van der Waals surface area (Å²) in [6, 6.07) is 0. The quantitative estimate of drug-likeness (QED) is 0.532. The highest BCUT2D eigenvalue weighted by molar-refractivity contribution is 4.37. The van der Waals surface area contributed by atoms with Crippen molar-refractivity contribution in [3.8, 4) is 0 Å². The molecule has 68 valence electrons. The molecule has 0 saturated heterocycles. The molecule has 0 aliphatic rings. The third kappa shape index (κ3) is 4.35. The average Bonchev–Trinajstić information content (AvgIpc) is 1.88. The van der Waals surface area contributed by atoms with Crippen molar-refractivity contribution in [3.63, 3.8) is 0 Å². The van der Waals surface area contributed by atoms with Gasteiger partial charge >= 0.3 is 0 Å². The van der Waals surface area contributed by atoms with Crippen molar-refractivity contribution in [2.45, 2.75) is 13.3 Å². The van der Waals surface area contributed by atoms with Gasteiger partial charge in [-0.15, -0.1) is 0 Å². The Hall–Kier alpha value is -0.120. The van der Waals surface area contributed by atoms with Gasteiger partial charge in [0.05, 0.1) is 26.8 Å². The Kier molecular flexibility index (Phi) is 5.46. The van der Waals surface area contributed by atoms with E-state index in [4.69, 9.17) is 10.2 Å². The van der Waals surface area contributed by atoms with E-state index in [1.54, 1.807) is 0 Å². The maximum Gasteiger partial charge on any atom is 0.102 e. The Morgan fingerprint density at radius 1 is 1.00 bits per heavy atom. The van der Waals surface area contributed by atoms with E-state index in [1.165, 1.54) is 0 Å². The van der Waals surface area contributed by atoms with Crippen molar-refractivity contribution < 1.29 is 14.7 Å². The summed E-state index contributed by atoms with van der Waals surface area (Å²) >= 11 is 0. The summed E-state index contributed by atoms with van der Waals surface area (Å²) < 4.78 is 0.781. The Morgan fingerprint density at radius 3 is 1.73 bits per heavy atom. The van der Waals surface area contributed by atoms with E-state index in [0.29, 0.717) is 0 Å². The number of quaternary nitrogens is 1. The smallest absolute Gasteiger partial charge is 0.102 e. The van der Waals surface area contributed by atoms with Crippen molar-refractivity contribution in [2.24, 2.45) is 0 Å². The molecule has 0 aliphatic heterocycles. The Labute approximate surface area is 68.9 Å². The van der Waals surface area contributed by atoms with Crippen molar-refractivity contribution in [1.29, 1.82) is 0 Å². The van der Waals surface area contributed by atoms with Crippen LogP contribution in [0.25, 0.3) is 0 Å². The molecule has 0 bridgehead atoms. The zero-order valence-electron chi connectivity index (χ0n) is 7.58. The number of aliphatic hydroxyl groups is 2. The molecule has 0 aliphatic carbocycles. The average molecular weight is 162 g/mol. The van der Waals surface area contributed by atoms with Gasteiger partial charge in [-0.05, 0) is 6.42 Å². The minimum atomic E-state index is 0.205. The SMILES string of the molecule is CCC[N+](C)(CCO)CCO. The van der Waals surface area contributed by atoms with Crippen molar-refractivity contribution in [1.82, 2.24) is 0 Å². The topological polar surface area (TPSA) is 40.5 Å². The van der Waals surface area contributed by atoms with Gasteiger partial charge < -0.3 is 14.7 Å². The summed E-state index contributed by atoms with van der Waals surface area (Å²) in [6.07, 6.45) is 1.09. The fourth-order valence-corrected chi connectivity index (χ4v) is 1.36. The molecule has 0 saturated carbocycles. The zero-order chi connectivity index (χ0) is 8.74. The number of nitrogens with zero attached hydrogens (tertiary/aromatic N) is 1. The van der Waals surface area contributed by atoms with E-state index in [-0.39, 0.29) is 13.2 Å². The van der Waals surface area contributed by atoms with Crippen molar-refractivity contribution in [2.75, 3.05) is 39.9 Å². The van der Waals surface area contributed by atoms with Crippen LogP contribution in [0.2, 0.25) is 0 Å². The summed E-state index contributed by atoms with van der Waals surface area (Å²) in [4.78, 5) is 0. The lowest BCUT2D eigenvalue weighted by molar-refractivity contribution is -0.910. The van der Waals surface area contributed by atoms with E-state index in [2.05, 4.69) is 14.0 Å². The number of rotatable bonds is 6. The lowest BCUT2D eigenvalue weighted by Gasteiger charge is -2.32. The maximum absolute atomic E-state index is 8.76. The first-order valence-electron chi connectivity index (χ1n) is 4.24. The van der Waals surface area contributed by atoms with E-state index in [1.807, 2.05) is 0 Å². The molecule has 0 aromatic rings. The van der Waals surface area contributed by atoms with Crippen LogP contribution in [0.3, 0.4) is 0 Å². The predicted molar refractivity (Wildman–Crippen MR) is 45.2 cm³/mol. The predicted octanol–water partition coefficient (Wildman–Crippen LogP) is -0.172. The van der Waals surface area contributed by atoms with Crippen LogP contribution in [0.1, 0.15) is 13.3 Å². The van der Waals surface area contributed by atoms with Crippen LogP contribution in [0.5, 0.6) is 0 Å². The first-order valence-corrected chi connectivity index (χ1v) is 4.24. The van der Waals surface area contributed by atoms with Gasteiger partial charge in [-0.1, -0.05) is 6.92 Å². The third-order valence-electron chi connectivity index (χ3n) is 2.04. The third-order valence-corrected chi connectivity index (χ3v) is 2.04. The molecular weight excluding hydrogens is 142 g/mol. The lowest BCUT2D eigenvalue weighted by Crippen LogP contribution is -2.48. The number of hydrogen-bond acceptors (Lipinski definition) is 2. The van der Waals surface area contributed by atoms with E-state index in [0.717, 1.165) is 30.5 Å². The summed E-state index contributed by atoms with van der Waals surface area (Å²) in [5, 5.41) is 17.5. The van der Waals surface area contributed by atoms with Gasteiger partial charge in [-0.25, -0.2) is 0 Å². The normalized spacial score (nSPS) is 12.0. The molecule has 0 radical (unpaired) electrons. The van der Waals surface area contributed by atoms with Crippen LogP contribution in [0, 0.1) is 0 Å². The molecule has 3 nitrogen and oxygen atoms in total. The van der Waals surface area contributed by atoms with E-state index in [9.17, 15) is 0 Å². The van der Waals surface area contributed by atoms with Crippen LogP contribution in [0.4, 0.5) is 0 Å². The molecule has 0 atom stereocenters. The summed E-state index contributed by atoms with van der Waals surface area (Å²) in [6.45, 7) is 5.04. The molecule has 0 aromatic heterocycles. The zero-order valence-corrected chi connectivity index (χ0v) is 7.58. The van der Waals surface area contributed by atoms with Crippen LogP contribution < -0.4 is 0 Å².